The molecule has 0 bridgehead atoms. The summed E-state index contributed by atoms with van der Waals surface area (Å²) in [6.07, 6.45) is 1.03. The van der Waals surface area contributed by atoms with Gasteiger partial charge in [-0.2, -0.15) is 0 Å². The van der Waals surface area contributed by atoms with Crippen LogP contribution in [0.15, 0.2) is 83.8 Å². The number of benzene rings is 3. The Kier molecular flexibility index (Phi) is 7.48. The van der Waals surface area contributed by atoms with Gasteiger partial charge in [-0.05, 0) is 67.6 Å². The molecule has 180 valence electrons. The number of hydrogen-bond acceptors (Lipinski definition) is 6. The van der Waals surface area contributed by atoms with E-state index in [2.05, 4.69) is 10.0 Å². The number of anilines is 3. The molecule has 3 rings (SSSR count). The van der Waals surface area contributed by atoms with Crippen LogP contribution in [0.25, 0.3) is 0 Å². The van der Waals surface area contributed by atoms with Crippen LogP contribution in [0.3, 0.4) is 0 Å². The average Bonchev–Trinajstić information content (AvgIpc) is 2.79. The molecule has 1 atom stereocenters. The van der Waals surface area contributed by atoms with Crippen molar-refractivity contribution in [2.75, 3.05) is 27.7 Å². The Bertz CT molecular complexity index is 1340. The summed E-state index contributed by atoms with van der Waals surface area (Å²) in [5.41, 5.74) is 1.05. The molecule has 3 aromatic carbocycles. The summed E-state index contributed by atoms with van der Waals surface area (Å²) in [6.45, 7) is 1.47. The van der Waals surface area contributed by atoms with Gasteiger partial charge < -0.3 is 10.1 Å². The van der Waals surface area contributed by atoms with Crippen LogP contribution in [0, 0.1) is 0 Å². The van der Waals surface area contributed by atoms with Gasteiger partial charge in [-0.15, -0.1) is 0 Å². The lowest BCUT2D eigenvalue weighted by atomic mass is 10.2. The van der Waals surface area contributed by atoms with E-state index in [1.807, 2.05) is 0 Å². The summed E-state index contributed by atoms with van der Waals surface area (Å²) >= 11 is 0. The van der Waals surface area contributed by atoms with Crippen molar-refractivity contribution >= 4 is 43.0 Å². The molecule has 0 aliphatic heterocycles. The number of methoxy groups -OCH3 is 1. The molecule has 1 amide bonds. The highest BCUT2D eigenvalue weighted by Gasteiger charge is 2.29. The predicted octanol–water partition coefficient (Wildman–Crippen LogP) is 3.29. The number of rotatable bonds is 9. The van der Waals surface area contributed by atoms with Crippen LogP contribution < -0.4 is 19.1 Å². The lowest BCUT2D eigenvalue weighted by molar-refractivity contribution is -0.116. The van der Waals surface area contributed by atoms with Crippen molar-refractivity contribution < 1.29 is 26.4 Å². The fourth-order valence-electron chi connectivity index (χ4n) is 3.22. The maximum atomic E-state index is 12.8. The topological polar surface area (TPSA) is 122 Å². The molecule has 0 heterocycles. The third-order valence-electron chi connectivity index (χ3n) is 4.87. The Hall–Kier alpha value is -3.57. The molecule has 11 heteroatoms. The van der Waals surface area contributed by atoms with E-state index in [-0.39, 0.29) is 4.90 Å². The number of amides is 1. The van der Waals surface area contributed by atoms with Gasteiger partial charge in [0.25, 0.3) is 10.0 Å². The number of nitrogens with zero attached hydrogens (tertiary/aromatic N) is 1. The highest BCUT2D eigenvalue weighted by molar-refractivity contribution is 7.92. The van der Waals surface area contributed by atoms with Crippen LogP contribution in [0.1, 0.15) is 6.92 Å². The first kappa shape index (κ1) is 25.1. The first-order valence-corrected chi connectivity index (χ1v) is 13.5. The fraction of sp³-hybridized carbons (Fsp3) is 0.174. The molecule has 0 aromatic heterocycles. The molecule has 9 nitrogen and oxygen atoms in total. The van der Waals surface area contributed by atoms with Gasteiger partial charge in [-0.3, -0.25) is 13.8 Å². The largest absolute Gasteiger partial charge is 0.497 e. The molecule has 0 unspecified atom stereocenters. The van der Waals surface area contributed by atoms with Crippen molar-refractivity contribution in [3.63, 3.8) is 0 Å². The Morgan fingerprint density at radius 1 is 0.853 bits per heavy atom. The highest BCUT2D eigenvalue weighted by Crippen LogP contribution is 2.23. The van der Waals surface area contributed by atoms with E-state index in [1.165, 1.54) is 38.3 Å². The second-order valence-electron chi connectivity index (χ2n) is 7.42. The summed E-state index contributed by atoms with van der Waals surface area (Å²) in [5, 5.41) is 2.63. The maximum absolute atomic E-state index is 12.8. The van der Waals surface area contributed by atoms with E-state index in [0.717, 1.165) is 10.6 Å². The van der Waals surface area contributed by atoms with Crippen LogP contribution in [0.4, 0.5) is 17.1 Å². The zero-order chi connectivity index (χ0) is 24.9. The van der Waals surface area contributed by atoms with Gasteiger partial charge >= 0.3 is 0 Å². The number of carbonyl (C=O) groups is 1. The van der Waals surface area contributed by atoms with Crippen LogP contribution >= 0.6 is 0 Å². The average molecular weight is 504 g/mol. The van der Waals surface area contributed by atoms with Crippen LogP contribution in [-0.4, -0.2) is 42.2 Å². The van der Waals surface area contributed by atoms with Crippen molar-refractivity contribution in [2.24, 2.45) is 0 Å². The second-order valence-corrected chi connectivity index (χ2v) is 11.0. The number of para-hydroxylation sites is 1. The first-order valence-electron chi connectivity index (χ1n) is 10.1. The van der Waals surface area contributed by atoms with Gasteiger partial charge in [0.05, 0.1) is 23.9 Å². The molecule has 34 heavy (non-hydrogen) atoms. The molecular formula is C23H25N3O6S2. The second kappa shape index (κ2) is 10.1. The minimum atomic E-state index is -3.85. The van der Waals surface area contributed by atoms with Crippen LogP contribution in [0.2, 0.25) is 0 Å². The smallest absolute Gasteiger partial charge is 0.261 e. The first-order chi connectivity index (χ1) is 16.0. The van der Waals surface area contributed by atoms with E-state index < -0.39 is 32.0 Å². The van der Waals surface area contributed by atoms with Gasteiger partial charge in [-0.1, -0.05) is 18.2 Å². The van der Waals surface area contributed by atoms with E-state index in [1.54, 1.807) is 54.6 Å². The molecule has 0 fully saturated rings. The third-order valence-corrected chi connectivity index (χ3v) is 7.51. The van der Waals surface area contributed by atoms with Gasteiger partial charge in [-0.25, -0.2) is 16.8 Å². The van der Waals surface area contributed by atoms with Crippen molar-refractivity contribution in [2.45, 2.75) is 17.9 Å². The SMILES string of the molecule is COc1ccc(NS(=O)(=O)c2ccc(NC(=O)[C@H](C)N(c3ccccc3)S(C)(=O)=O)cc2)cc1. The summed E-state index contributed by atoms with van der Waals surface area (Å²) < 4.78 is 58.5. The van der Waals surface area contributed by atoms with E-state index in [9.17, 15) is 21.6 Å². The number of carbonyl (C=O) groups excluding carboxylic acids is 1. The number of hydrogen-bond donors (Lipinski definition) is 2. The van der Waals surface area contributed by atoms with E-state index in [4.69, 9.17) is 4.74 Å². The van der Waals surface area contributed by atoms with Crippen molar-refractivity contribution in [1.82, 2.24) is 0 Å². The van der Waals surface area contributed by atoms with Crippen molar-refractivity contribution in [3.8, 4) is 5.75 Å². The lowest BCUT2D eigenvalue weighted by Gasteiger charge is -2.28. The monoisotopic (exact) mass is 503 g/mol. The highest BCUT2D eigenvalue weighted by atomic mass is 32.2. The third kappa shape index (κ3) is 6.06. The zero-order valence-corrected chi connectivity index (χ0v) is 20.4. The number of sulfonamides is 2. The van der Waals surface area contributed by atoms with E-state index in [0.29, 0.717) is 22.8 Å². The van der Waals surface area contributed by atoms with Gasteiger partial charge in [0, 0.05) is 11.4 Å². The Morgan fingerprint density at radius 2 is 1.41 bits per heavy atom. The van der Waals surface area contributed by atoms with Crippen LogP contribution in [-0.2, 0) is 24.8 Å². The Morgan fingerprint density at radius 3 is 1.94 bits per heavy atom. The minimum Gasteiger partial charge on any atom is -0.497 e. The molecule has 0 saturated heterocycles. The molecule has 0 saturated carbocycles. The minimum absolute atomic E-state index is 0.00332. The van der Waals surface area contributed by atoms with Gasteiger partial charge in [0.2, 0.25) is 15.9 Å². The zero-order valence-electron chi connectivity index (χ0n) is 18.8. The van der Waals surface area contributed by atoms with Crippen LogP contribution in [0.5, 0.6) is 5.75 Å². The summed E-state index contributed by atoms with van der Waals surface area (Å²) in [7, 11) is -6.08. The number of ether oxygens (including phenoxy) is 1. The van der Waals surface area contributed by atoms with Gasteiger partial charge in [0.15, 0.2) is 0 Å². The summed E-state index contributed by atoms with van der Waals surface area (Å²) in [6, 6.07) is 19.2. The number of nitrogens with one attached hydrogen (secondary N) is 2. The maximum Gasteiger partial charge on any atom is 0.261 e. The molecule has 0 radical (unpaired) electrons. The fourth-order valence-corrected chi connectivity index (χ4v) is 5.45. The molecule has 0 aliphatic carbocycles. The van der Waals surface area contributed by atoms with Crippen molar-refractivity contribution in [1.29, 1.82) is 0 Å². The lowest BCUT2D eigenvalue weighted by Crippen LogP contribution is -2.45. The van der Waals surface area contributed by atoms with Gasteiger partial charge in [0.1, 0.15) is 11.8 Å². The normalized spacial score (nSPS) is 12.4. The van der Waals surface area contributed by atoms with Crippen molar-refractivity contribution in [3.05, 3.63) is 78.9 Å². The Labute approximate surface area is 199 Å². The molecule has 2 N–H and O–H groups in total. The predicted molar refractivity (Wildman–Crippen MR) is 132 cm³/mol. The standard InChI is InChI=1S/C23H25N3O6S2/c1-17(26(33(3,28)29)20-7-5-4-6-8-20)23(27)24-18-11-15-22(16-12-18)34(30,31)25-19-9-13-21(32-2)14-10-19/h4-17,25H,1-3H3,(H,24,27)/t17-/m0/s1. The summed E-state index contributed by atoms with van der Waals surface area (Å²) in [5.74, 6) is 0.0280. The molecule has 0 aliphatic rings. The molecule has 0 spiro atoms. The Balaban J connectivity index is 1.73. The van der Waals surface area contributed by atoms with E-state index >= 15 is 0 Å². The molecule has 3 aromatic rings. The quantitative estimate of drug-likeness (QED) is 0.462. The summed E-state index contributed by atoms with van der Waals surface area (Å²) in [4.78, 5) is 12.8. The molecular weight excluding hydrogens is 478 g/mol.